The number of rotatable bonds is 11. The second-order valence-electron chi connectivity index (χ2n) is 10.7. The van der Waals surface area contributed by atoms with Gasteiger partial charge in [-0.3, -0.25) is 14.4 Å². The molecule has 6 nitrogen and oxygen atoms in total. The molecule has 2 unspecified atom stereocenters. The molecule has 4 rings (SSSR count). The fourth-order valence-electron chi connectivity index (χ4n) is 5.32. The summed E-state index contributed by atoms with van der Waals surface area (Å²) in [7, 11) is 0. The van der Waals surface area contributed by atoms with Crippen molar-refractivity contribution in [2.75, 3.05) is 6.54 Å². The molecule has 2 fully saturated rings. The third kappa shape index (κ3) is 7.09. The highest BCUT2D eigenvalue weighted by molar-refractivity contribution is 5.91. The molecule has 3 atom stereocenters. The van der Waals surface area contributed by atoms with Crippen LogP contribution in [0.1, 0.15) is 56.1 Å². The summed E-state index contributed by atoms with van der Waals surface area (Å²) in [6, 6.07) is 16.1. The fourth-order valence-corrected chi connectivity index (χ4v) is 5.32. The highest BCUT2D eigenvalue weighted by atomic mass is 16.2. The van der Waals surface area contributed by atoms with Gasteiger partial charge in [-0.15, -0.1) is 6.58 Å². The molecule has 1 saturated heterocycles. The molecule has 1 saturated carbocycles. The zero-order chi connectivity index (χ0) is 26.4. The number of benzene rings is 2. The van der Waals surface area contributed by atoms with Crippen molar-refractivity contribution in [3.05, 3.63) is 72.3 Å². The van der Waals surface area contributed by atoms with Crippen LogP contribution in [0.4, 0.5) is 0 Å². The zero-order valence-corrected chi connectivity index (χ0v) is 21.8. The molecule has 1 aliphatic carbocycles. The van der Waals surface area contributed by atoms with Gasteiger partial charge in [-0.25, -0.2) is 0 Å². The van der Waals surface area contributed by atoms with Gasteiger partial charge >= 0.3 is 0 Å². The summed E-state index contributed by atoms with van der Waals surface area (Å²) in [6.07, 6.45) is 7.13. The molecular formula is C31H39N3O3. The first-order valence-corrected chi connectivity index (χ1v) is 13.5. The fraction of sp³-hybridized carbons (Fsp3) is 0.452. The number of carbonyl (C=O) groups excluding carboxylic acids is 3. The first-order valence-electron chi connectivity index (χ1n) is 13.5. The Morgan fingerprint density at radius 3 is 2.51 bits per heavy atom. The number of hydrogen-bond donors (Lipinski definition) is 2. The molecule has 196 valence electrons. The van der Waals surface area contributed by atoms with Crippen molar-refractivity contribution in [1.29, 1.82) is 0 Å². The zero-order valence-electron chi connectivity index (χ0n) is 21.8. The second-order valence-corrected chi connectivity index (χ2v) is 10.7. The minimum atomic E-state index is -0.598. The molecule has 2 aromatic rings. The van der Waals surface area contributed by atoms with Crippen molar-refractivity contribution in [1.82, 2.24) is 10.2 Å². The van der Waals surface area contributed by atoms with Crippen molar-refractivity contribution < 1.29 is 14.4 Å². The van der Waals surface area contributed by atoms with Crippen LogP contribution in [0.25, 0.3) is 11.1 Å². The predicted molar refractivity (Wildman–Crippen MR) is 146 cm³/mol. The topological polar surface area (TPSA) is 92.5 Å². The summed E-state index contributed by atoms with van der Waals surface area (Å²) >= 11 is 0. The van der Waals surface area contributed by atoms with E-state index in [1.807, 2.05) is 17.0 Å². The number of nitrogens with zero attached hydrogens (tertiary/aromatic N) is 1. The van der Waals surface area contributed by atoms with Crippen LogP contribution < -0.4 is 11.1 Å². The largest absolute Gasteiger partial charge is 0.369 e. The normalized spacial score (nSPS) is 19.5. The van der Waals surface area contributed by atoms with Crippen LogP contribution in [0.3, 0.4) is 0 Å². The van der Waals surface area contributed by atoms with Gasteiger partial charge in [-0.1, -0.05) is 66.9 Å². The van der Waals surface area contributed by atoms with E-state index in [1.54, 1.807) is 6.08 Å². The van der Waals surface area contributed by atoms with E-state index in [4.69, 9.17) is 5.73 Å². The number of primary amides is 1. The summed E-state index contributed by atoms with van der Waals surface area (Å²) in [5, 5.41) is 3.02. The molecule has 3 amide bonds. The van der Waals surface area contributed by atoms with Crippen LogP contribution >= 0.6 is 0 Å². The molecule has 2 aromatic carbocycles. The summed E-state index contributed by atoms with van der Waals surface area (Å²) in [6.45, 7) is 6.97. The number of nitrogens with two attached hydrogens (primary N) is 1. The number of amides is 3. The van der Waals surface area contributed by atoms with Crippen LogP contribution in [0.2, 0.25) is 0 Å². The Hall–Kier alpha value is -3.41. The van der Waals surface area contributed by atoms with Crippen molar-refractivity contribution in [2.45, 2.75) is 64.5 Å². The minimum absolute atomic E-state index is 0.0592. The summed E-state index contributed by atoms with van der Waals surface area (Å²) in [5.41, 5.74) is 10.2. The van der Waals surface area contributed by atoms with Crippen LogP contribution in [0.5, 0.6) is 0 Å². The lowest BCUT2D eigenvalue weighted by Gasteiger charge is -2.28. The Labute approximate surface area is 220 Å². The van der Waals surface area contributed by atoms with Gasteiger partial charge in [0, 0.05) is 13.1 Å². The van der Waals surface area contributed by atoms with Crippen molar-refractivity contribution in [3.8, 4) is 11.1 Å². The van der Waals surface area contributed by atoms with E-state index in [0.717, 1.165) is 42.4 Å². The standard InChI is InChI=1S/C31H39N3O3/c1-3-7-26(29(32)35)27(19-22-13-14-22)30(36)33-28-10-4-5-17-34(31(28)37)20-23-8-6-9-25(18-23)24-15-11-21(2)12-16-24/h3,6,8-9,11-12,15-16,18,22,26-28H,1,4-5,7,10,13-14,17,19-20H2,2H3,(H2,32,35)(H,33,36)/t26?,27?,28-/m0/s1. The summed E-state index contributed by atoms with van der Waals surface area (Å²) in [5.74, 6) is -1.46. The number of likely N-dealkylation sites (tertiary alicyclic amines) is 1. The first kappa shape index (κ1) is 26.6. The molecular weight excluding hydrogens is 462 g/mol. The van der Waals surface area contributed by atoms with E-state index in [9.17, 15) is 14.4 Å². The third-order valence-corrected chi connectivity index (χ3v) is 7.68. The van der Waals surface area contributed by atoms with Crippen molar-refractivity contribution in [3.63, 3.8) is 0 Å². The number of nitrogens with one attached hydrogen (secondary N) is 1. The molecule has 3 N–H and O–H groups in total. The quantitative estimate of drug-likeness (QED) is 0.435. The van der Waals surface area contributed by atoms with Gasteiger partial charge in [-0.2, -0.15) is 0 Å². The summed E-state index contributed by atoms with van der Waals surface area (Å²) in [4.78, 5) is 41.0. The predicted octanol–water partition coefficient (Wildman–Crippen LogP) is 4.75. The third-order valence-electron chi connectivity index (χ3n) is 7.68. The van der Waals surface area contributed by atoms with Gasteiger partial charge in [0.1, 0.15) is 6.04 Å². The number of hydrogen-bond acceptors (Lipinski definition) is 3. The molecule has 0 aromatic heterocycles. The Morgan fingerprint density at radius 2 is 1.84 bits per heavy atom. The molecule has 0 bridgehead atoms. The molecule has 6 heteroatoms. The van der Waals surface area contributed by atoms with E-state index in [1.165, 1.54) is 5.56 Å². The van der Waals surface area contributed by atoms with Gasteiger partial charge in [0.05, 0.1) is 11.8 Å². The molecule has 2 aliphatic rings. The maximum atomic E-state index is 13.6. The summed E-state index contributed by atoms with van der Waals surface area (Å²) < 4.78 is 0. The van der Waals surface area contributed by atoms with Gasteiger partial charge < -0.3 is 16.0 Å². The minimum Gasteiger partial charge on any atom is -0.369 e. The van der Waals surface area contributed by atoms with Crippen molar-refractivity contribution >= 4 is 17.7 Å². The lowest BCUT2D eigenvalue weighted by Crippen LogP contribution is -2.50. The van der Waals surface area contributed by atoms with Gasteiger partial charge in [0.2, 0.25) is 17.7 Å². The van der Waals surface area contributed by atoms with E-state index in [0.29, 0.717) is 38.3 Å². The lowest BCUT2D eigenvalue weighted by molar-refractivity contribution is -0.139. The first-order chi connectivity index (χ1) is 17.9. The SMILES string of the molecule is C=CCC(C(N)=O)C(CC1CC1)C(=O)N[C@H]1CCCCN(Cc2cccc(-c3ccc(C)cc3)c2)C1=O. The van der Waals surface area contributed by atoms with Crippen LogP contribution in [-0.2, 0) is 20.9 Å². The smallest absolute Gasteiger partial charge is 0.245 e. The number of aryl methyl sites for hydroxylation is 1. The Bertz CT molecular complexity index is 1120. The monoisotopic (exact) mass is 501 g/mol. The van der Waals surface area contributed by atoms with E-state index >= 15 is 0 Å². The molecule has 1 aliphatic heterocycles. The van der Waals surface area contributed by atoms with Gasteiger partial charge in [-0.05, 0) is 67.7 Å². The van der Waals surface area contributed by atoms with Crippen LogP contribution in [0.15, 0.2) is 61.2 Å². The number of allylic oxidation sites excluding steroid dienone is 1. The Morgan fingerprint density at radius 1 is 1.08 bits per heavy atom. The highest BCUT2D eigenvalue weighted by Crippen LogP contribution is 2.38. The van der Waals surface area contributed by atoms with Gasteiger partial charge in [0.25, 0.3) is 0 Å². The average Bonchev–Trinajstić information content (AvgIpc) is 3.72. The maximum absolute atomic E-state index is 13.6. The molecule has 0 spiro atoms. The van der Waals surface area contributed by atoms with E-state index in [2.05, 4.69) is 55.2 Å². The Kier molecular flexibility index (Phi) is 8.80. The van der Waals surface area contributed by atoms with Crippen LogP contribution in [-0.4, -0.2) is 35.2 Å². The number of carbonyl (C=O) groups is 3. The van der Waals surface area contributed by atoms with Crippen molar-refractivity contribution in [2.24, 2.45) is 23.5 Å². The van der Waals surface area contributed by atoms with E-state index < -0.39 is 23.8 Å². The lowest BCUT2D eigenvalue weighted by atomic mass is 9.83. The second kappa shape index (κ2) is 12.2. The molecule has 1 heterocycles. The maximum Gasteiger partial charge on any atom is 0.245 e. The molecule has 37 heavy (non-hydrogen) atoms. The van der Waals surface area contributed by atoms with E-state index in [-0.39, 0.29) is 11.8 Å². The Balaban J connectivity index is 1.46. The van der Waals surface area contributed by atoms with Gasteiger partial charge in [0.15, 0.2) is 0 Å². The molecule has 0 radical (unpaired) electrons. The van der Waals surface area contributed by atoms with Crippen LogP contribution in [0, 0.1) is 24.7 Å². The highest BCUT2D eigenvalue weighted by Gasteiger charge is 2.38. The average molecular weight is 502 g/mol.